The fourth-order valence-corrected chi connectivity index (χ4v) is 3.34. The number of benzene rings is 2. The van der Waals surface area contributed by atoms with Crippen molar-refractivity contribution >= 4 is 23.0 Å². The van der Waals surface area contributed by atoms with Gasteiger partial charge in [0.15, 0.2) is 5.11 Å². The first-order chi connectivity index (χ1) is 12.6. The zero-order chi connectivity index (χ0) is 18.4. The van der Waals surface area contributed by atoms with Gasteiger partial charge in [-0.3, -0.25) is 4.90 Å². The Bertz CT molecular complexity index is 735. The van der Waals surface area contributed by atoms with Crippen molar-refractivity contribution in [1.29, 1.82) is 0 Å². The summed E-state index contributed by atoms with van der Waals surface area (Å²) in [7, 11) is 0. The highest BCUT2D eigenvalue weighted by Crippen LogP contribution is 2.17. The molecule has 138 valence electrons. The zero-order valence-corrected chi connectivity index (χ0v) is 16.3. The molecule has 2 aromatic rings. The van der Waals surface area contributed by atoms with Crippen molar-refractivity contribution in [3.05, 3.63) is 65.2 Å². The minimum Gasteiger partial charge on any atom is -0.374 e. The third kappa shape index (κ3) is 5.27. The van der Waals surface area contributed by atoms with Crippen LogP contribution in [0.25, 0.3) is 0 Å². The van der Waals surface area contributed by atoms with E-state index in [2.05, 4.69) is 71.8 Å². The van der Waals surface area contributed by atoms with Crippen molar-refractivity contribution in [2.24, 2.45) is 0 Å². The SMILES string of the molecule is Cc1cccc(NC(=S)NC[C@@H]2CN(Cc3ccccc3)CCO2)c1C. The van der Waals surface area contributed by atoms with Crippen LogP contribution in [0.2, 0.25) is 0 Å². The van der Waals surface area contributed by atoms with Gasteiger partial charge < -0.3 is 15.4 Å². The van der Waals surface area contributed by atoms with Crippen molar-refractivity contribution in [2.75, 3.05) is 31.6 Å². The molecule has 5 heteroatoms. The van der Waals surface area contributed by atoms with Gasteiger partial charge in [0.25, 0.3) is 0 Å². The molecule has 1 saturated heterocycles. The molecule has 1 atom stereocenters. The lowest BCUT2D eigenvalue weighted by Crippen LogP contribution is -2.47. The van der Waals surface area contributed by atoms with Gasteiger partial charge in [-0.2, -0.15) is 0 Å². The van der Waals surface area contributed by atoms with Crippen LogP contribution in [0.15, 0.2) is 48.5 Å². The van der Waals surface area contributed by atoms with Gasteiger partial charge in [0.1, 0.15) is 0 Å². The maximum absolute atomic E-state index is 5.90. The summed E-state index contributed by atoms with van der Waals surface area (Å²) in [6, 6.07) is 16.8. The van der Waals surface area contributed by atoms with Gasteiger partial charge in [-0.25, -0.2) is 0 Å². The van der Waals surface area contributed by atoms with E-state index in [9.17, 15) is 0 Å². The molecule has 0 bridgehead atoms. The predicted molar refractivity (Wildman–Crippen MR) is 112 cm³/mol. The first kappa shape index (κ1) is 18.8. The maximum Gasteiger partial charge on any atom is 0.170 e. The molecule has 0 spiro atoms. The lowest BCUT2D eigenvalue weighted by atomic mass is 10.1. The summed E-state index contributed by atoms with van der Waals surface area (Å²) < 4.78 is 5.90. The second-order valence-electron chi connectivity index (χ2n) is 6.80. The van der Waals surface area contributed by atoms with Crippen LogP contribution >= 0.6 is 12.2 Å². The van der Waals surface area contributed by atoms with Crippen molar-refractivity contribution < 1.29 is 4.74 Å². The monoisotopic (exact) mass is 369 g/mol. The summed E-state index contributed by atoms with van der Waals surface area (Å²) in [5.41, 5.74) is 4.87. The first-order valence-electron chi connectivity index (χ1n) is 9.11. The van der Waals surface area contributed by atoms with Gasteiger partial charge in [-0.15, -0.1) is 0 Å². The molecule has 0 aromatic heterocycles. The second kappa shape index (κ2) is 9.12. The smallest absolute Gasteiger partial charge is 0.170 e. The largest absolute Gasteiger partial charge is 0.374 e. The summed E-state index contributed by atoms with van der Waals surface area (Å²) >= 11 is 5.45. The normalized spacial score (nSPS) is 17.7. The Morgan fingerprint density at radius 1 is 1.15 bits per heavy atom. The van der Waals surface area contributed by atoms with Gasteiger partial charge in [0, 0.05) is 31.9 Å². The van der Waals surface area contributed by atoms with E-state index >= 15 is 0 Å². The molecule has 2 aromatic carbocycles. The van der Waals surface area contributed by atoms with Crippen molar-refractivity contribution in [3.8, 4) is 0 Å². The highest BCUT2D eigenvalue weighted by atomic mass is 32.1. The zero-order valence-electron chi connectivity index (χ0n) is 15.5. The van der Waals surface area contributed by atoms with Crippen molar-refractivity contribution in [2.45, 2.75) is 26.5 Å². The first-order valence-corrected chi connectivity index (χ1v) is 9.51. The van der Waals surface area contributed by atoms with E-state index in [1.165, 1.54) is 16.7 Å². The average Bonchev–Trinajstić information content (AvgIpc) is 2.65. The summed E-state index contributed by atoms with van der Waals surface area (Å²) in [6.07, 6.45) is 0.144. The fourth-order valence-electron chi connectivity index (χ4n) is 3.15. The standard InChI is InChI=1S/C21H27N3OS/c1-16-7-6-10-20(17(16)2)23-21(26)22-13-19-15-24(11-12-25-19)14-18-8-4-3-5-9-18/h3-10,19H,11-15H2,1-2H3,(H2,22,23,26)/t19-/m1/s1. The number of nitrogens with zero attached hydrogens (tertiary/aromatic N) is 1. The summed E-state index contributed by atoms with van der Waals surface area (Å²) in [5.74, 6) is 0. The number of hydrogen-bond donors (Lipinski definition) is 2. The van der Waals surface area contributed by atoms with Gasteiger partial charge in [0.2, 0.25) is 0 Å². The van der Waals surface area contributed by atoms with Crippen LogP contribution in [0.4, 0.5) is 5.69 Å². The van der Waals surface area contributed by atoms with Crippen LogP contribution in [-0.4, -0.2) is 42.4 Å². The number of morpholine rings is 1. The Morgan fingerprint density at radius 2 is 1.96 bits per heavy atom. The van der Waals surface area contributed by atoms with Gasteiger partial charge in [0.05, 0.1) is 12.7 Å². The van der Waals surface area contributed by atoms with Crippen LogP contribution in [0.3, 0.4) is 0 Å². The van der Waals surface area contributed by atoms with Crippen LogP contribution in [0, 0.1) is 13.8 Å². The van der Waals surface area contributed by atoms with E-state index in [0.717, 1.165) is 31.9 Å². The number of anilines is 1. The molecule has 1 aliphatic rings. The Kier molecular flexibility index (Phi) is 6.61. The number of nitrogens with one attached hydrogen (secondary N) is 2. The molecular weight excluding hydrogens is 342 g/mol. The molecule has 26 heavy (non-hydrogen) atoms. The molecule has 0 aliphatic carbocycles. The number of hydrogen-bond acceptors (Lipinski definition) is 3. The van der Waals surface area contributed by atoms with E-state index in [-0.39, 0.29) is 6.10 Å². The minimum atomic E-state index is 0.144. The number of aryl methyl sites for hydroxylation is 1. The van der Waals surface area contributed by atoms with E-state index < -0.39 is 0 Å². The Balaban J connectivity index is 1.46. The third-order valence-corrected chi connectivity index (χ3v) is 5.06. The molecule has 3 rings (SSSR count). The van der Waals surface area contributed by atoms with E-state index in [0.29, 0.717) is 11.7 Å². The molecule has 4 nitrogen and oxygen atoms in total. The van der Waals surface area contributed by atoms with Crippen molar-refractivity contribution in [3.63, 3.8) is 0 Å². The van der Waals surface area contributed by atoms with Crippen LogP contribution < -0.4 is 10.6 Å². The highest BCUT2D eigenvalue weighted by Gasteiger charge is 2.20. The van der Waals surface area contributed by atoms with Crippen LogP contribution in [-0.2, 0) is 11.3 Å². The summed E-state index contributed by atoms with van der Waals surface area (Å²) in [6.45, 7) is 8.52. The van der Waals surface area contributed by atoms with E-state index in [4.69, 9.17) is 17.0 Å². The number of rotatable bonds is 5. The molecule has 0 saturated carbocycles. The van der Waals surface area contributed by atoms with Crippen LogP contribution in [0.5, 0.6) is 0 Å². The maximum atomic E-state index is 5.90. The molecule has 0 amide bonds. The molecule has 0 radical (unpaired) electrons. The summed E-state index contributed by atoms with van der Waals surface area (Å²) in [4.78, 5) is 2.44. The minimum absolute atomic E-state index is 0.144. The van der Waals surface area contributed by atoms with Gasteiger partial charge >= 0.3 is 0 Å². The second-order valence-corrected chi connectivity index (χ2v) is 7.20. The molecular formula is C21H27N3OS. The van der Waals surface area contributed by atoms with Crippen molar-refractivity contribution in [1.82, 2.24) is 10.2 Å². The summed E-state index contributed by atoms with van der Waals surface area (Å²) in [5, 5.41) is 7.23. The lowest BCUT2D eigenvalue weighted by molar-refractivity contribution is -0.0279. The Labute approximate surface area is 161 Å². The van der Waals surface area contributed by atoms with E-state index in [1.807, 2.05) is 6.07 Å². The molecule has 2 N–H and O–H groups in total. The molecule has 1 heterocycles. The molecule has 1 fully saturated rings. The van der Waals surface area contributed by atoms with Crippen LogP contribution in [0.1, 0.15) is 16.7 Å². The highest BCUT2D eigenvalue weighted by molar-refractivity contribution is 7.80. The molecule has 1 aliphatic heterocycles. The predicted octanol–water partition coefficient (Wildman–Crippen LogP) is 3.49. The fraction of sp³-hybridized carbons (Fsp3) is 0.381. The average molecular weight is 370 g/mol. The Hall–Kier alpha value is -1.95. The van der Waals surface area contributed by atoms with Gasteiger partial charge in [-0.1, -0.05) is 42.5 Å². The number of thiocarbonyl (C=S) groups is 1. The third-order valence-electron chi connectivity index (χ3n) is 4.82. The lowest BCUT2D eigenvalue weighted by Gasteiger charge is -2.33. The molecule has 0 unspecified atom stereocenters. The quantitative estimate of drug-likeness (QED) is 0.789. The van der Waals surface area contributed by atoms with E-state index in [1.54, 1.807) is 0 Å². The number of ether oxygens (including phenoxy) is 1. The van der Waals surface area contributed by atoms with Gasteiger partial charge in [-0.05, 0) is 48.8 Å². The Morgan fingerprint density at radius 3 is 2.77 bits per heavy atom. The topological polar surface area (TPSA) is 36.5 Å².